The van der Waals surface area contributed by atoms with Crippen molar-refractivity contribution in [2.24, 2.45) is 5.10 Å². The molecule has 0 amide bonds. The Morgan fingerprint density at radius 1 is 1.39 bits per heavy atom. The Hall–Kier alpha value is -1.59. The van der Waals surface area contributed by atoms with E-state index in [0.717, 1.165) is 21.7 Å². The molecule has 4 nitrogen and oxygen atoms in total. The van der Waals surface area contributed by atoms with Crippen molar-refractivity contribution >= 4 is 40.1 Å². The normalized spacial score (nSPS) is 11.1. The number of nitrogens with zero attached hydrogens (tertiary/aromatic N) is 2. The first-order valence-corrected chi connectivity index (χ1v) is 6.59. The molecule has 2 aromatic rings. The second-order valence-corrected chi connectivity index (χ2v) is 5.17. The zero-order chi connectivity index (χ0) is 13.1. The summed E-state index contributed by atoms with van der Waals surface area (Å²) in [7, 11) is 0. The molecule has 0 fully saturated rings. The van der Waals surface area contributed by atoms with Crippen LogP contribution in [0.25, 0.3) is 0 Å². The summed E-state index contributed by atoms with van der Waals surface area (Å²) in [6, 6.07) is 3.93. The van der Waals surface area contributed by atoms with E-state index in [1.54, 1.807) is 11.6 Å². The summed E-state index contributed by atoms with van der Waals surface area (Å²) < 4.78 is 0. The van der Waals surface area contributed by atoms with Crippen molar-refractivity contribution in [3.8, 4) is 0 Å². The molecule has 0 aliphatic heterocycles. The fourth-order valence-electron chi connectivity index (χ4n) is 1.44. The summed E-state index contributed by atoms with van der Waals surface area (Å²) in [5.74, 6) is 0.496. The molecule has 0 spiro atoms. The van der Waals surface area contributed by atoms with E-state index in [1.807, 2.05) is 26.0 Å². The van der Waals surface area contributed by atoms with Gasteiger partial charge in [0.1, 0.15) is 5.82 Å². The molecule has 6 heteroatoms. The average molecular weight is 281 g/mol. The van der Waals surface area contributed by atoms with Crippen LogP contribution in [0.1, 0.15) is 16.7 Å². The Kier molecular flexibility index (Phi) is 3.84. The lowest BCUT2D eigenvalue weighted by Crippen LogP contribution is -1.94. The van der Waals surface area contributed by atoms with E-state index in [1.165, 1.54) is 11.3 Å². The number of aryl methyl sites for hydroxylation is 2. The molecule has 3 N–H and O–H groups in total. The summed E-state index contributed by atoms with van der Waals surface area (Å²) in [5, 5.41) is 7.33. The van der Waals surface area contributed by atoms with Gasteiger partial charge in [-0.25, -0.2) is 4.98 Å². The molecule has 0 bridgehead atoms. The first-order chi connectivity index (χ1) is 8.56. The van der Waals surface area contributed by atoms with Gasteiger partial charge < -0.3 is 5.73 Å². The highest BCUT2D eigenvalue weighted by Crippen LogP contribution is 2.20. The minimum absolute atomic E-state index is 0.496. The van der Waals surface area contributed by atoms with E-state index in [2.05, 4.69) is 15.5 Å². The molecule has 0 unspecified atom stereocenters. The highest BCUT2D eigenvalue weighted by atomic mass is 35.5. The van der Waals surface area contributed by atoms with Crippen molar-refractivity contribution in [2.45, 2.75) is 13.8 Å². The van der Waals surface area contributed by atoms with Crippen LogP contribution in [0.3, 0.4) is 0 Å². The number of thiazole rings is 1. The Morgan fingerprint density at radius 3 is 2.83 bits per heavy atom. The zero-order valence-corrected chi connectivity index (χ0v) is 11.6. The minimum atomic E-state index is 0.496. The molecule has 0 atom stereocenters. The minimum Gasteiger partial charge on any atom is -0.383 e. The van der Waals surface area contributed by atoms with E-state index in [4.69, 9.17) is 17.3 Å². The van der Waals surface area contributed by atoms with Crippen LogP contribution >= 0.6 is 22.9 Å². The van der Waals surface area contributed by atoms with Gasteiger partial charge in [0.15, 0.2) is 0 Å². The van der Waals surface area contributed by atoms with Crippen LogP contribution < -0.4 is 11.2 Å². The lowest BCUT2D eigenvalue weighted by molar-refractivity contribution is 1.29. The van der Waals surface area contributed by atoms with Crippen molar-refractivity contribution in [3.63, 3.8) is 0 Å². The molecule has 1 aromatic heterocycles. The molecule has 0 aliphatic carbocycles. The molecule has 0 saturated carbocycles. The standard InChI is InChI=1S/C12H13ClN4S/c1-7-4-10(13)8(2)3-9(7)5-15-17-12-16-11(14)6-18-12/h3-6H,14H2,1-2H3,(H,16,17). The Bertz CT molecular complexity index is 592. The highest BCUT2D eigenvalue weighted by molar-refractivity contribution is 7.14. The van der Waals surface area contributed by atoms with Gasteiger partial charge in [-0.15, -0.1) is 11.3 Å². The number of nitrogens with two attached hydrogens (primary N) is 1. The van der Waals surface area contributed by atoms with Gasteiger partial charge in [0.2, 0.25) is 5.13 Å². The number of rotatable bonds is 3. The van der Waals surface area contributed by atoms with Crippen LogP contribution in [-0.2, 0) is 0 Å². The number of halogens is 1. The van der Waals surface area contributed by atoms with Crippen molar-refractivity contribution in [2.75, 3.05) is 11.2 Å². The Morgan fingerprint density at radius 2 is 2.17 bits per heavy atom. The number of hydrogen-bond acceptors (Lipinski definition) is 5. The van der Waals surface area contributed by atoms with E-state index >= 15 is 0 Å². The van der Waals surface area contributed by atoms with Crippen molar-refractivity contribution in [1.29, 1.82) is 0 Å². The van der Waals surface area contributed by atoms with Crippen LogP contribution in [0, 0.1) is 13.8 Å². The summed E-state index contributed by atoms with van der Waals surface area (Å²) in [5.41, 5.74) is 11.5. The van der Waals surface area contributed by atoms with Crippen LogP contribution in [0.5, 0.6) is 0 Å². The third kappa shape index (κ3) is 3.00. The van der Waals surface area contributed by atoms with Gasteiger partial charge in [0.25, 0.3) is 0 Å². The smallest absolute Gasteiger partial charge is 0.205 e. The molecule has 0 saturated heterocycles. The van der Waals surface area contributed by atoms with Gasteiger partial charge >= 0.3 is 0 Å². The molecular weight excluding hydrogens is 268 g/mol. The zero-order valence-electron chi connectivity index (χ0n) is 10.1. The number of benzene rings is 1. The first kappa shape index (κ1) is 12.9. The number of nitrogens with one attached hydrogen (secondary N) is 1. The fourth-order valence-corrected chi connectivity index (χ4v) is 2.20. The molecule has 94 valence electrons. The second-order valence-electron chi connectivity index (χ2n) is 3.91. The van der Waals surface area contributed by atoms with Crippen molar-refractivity contribution < 1.29 is 0 Å². The number of nitrogen functional groups attached to an aromatic ring is 1. The number of aromatic nitrogens is 1. The summed E-state index contributed by atoms with van der Waals surface area (Å²) in [6.07, 6.45) is 1.75. The van der Waals surface area contributed by atoms with Gasteiger partial charge in [-0.3, -0.25) is 5.43 Å². The monoisotopic (exact) mass is 280 g/mol. The summed E-state index contributed by atoms with van der Waals surface area (Å²) in [6.45, 7) is 3.96. The quantitative estimate of drug-likeness (QED) is 0.669. The topological polar surface area (TPSA) is 63.3 Å². The second kappa shape index (κ2) is 5.37. The molecule has 0 radical (unpaired) electrons. The lowest BCUT2D eigenvalue weighted by Gasteiger charge is -2.04. The number of hydrogen-bond donors (Lipinski definition) is 2. The molecule has 2 rings (SSSR count). The highest BCUT2D eigenvalue weighted by Gasteiger charge is 2.01. The predicted octanol–water partition coefficient (Wildman–Crippen LogP) is 3.44. The van der Waals surface area contributed by atoms with E-state index in [-0.39, 0.29) is 0 Å². The van der Waals surface area contributed by atoms with Gasteiger partial charge in [-0.1, -0.05) is 11.6 Å². The van der Waals surface area contributed by atoms with Gasteiger partial charge in [0.05, 0.1) is 6.21 Å². The largest absolute Gasteiger partial charge is 0.383 e. The van der Waals surface area contributed by atoms with Crippen LogP contribution in [-0.4, -0.2) is 11.2 Å². The molecule has 0 aliphatic rings. The van der Waals surface area contributed by atoms with E-state index in [9.17, 15) is 0 Å². The van der Waals surface area contributed by atoms with Crippen molar-refractivity contribution in [1.82, 2.24) is 4.98 Å². The molecular formula is C12H13ClN4S. The molecule has 18 heavy (non-hydrogen) atoms. The van der Waals surface area contributed by atoms with E-state index < -0.39 is 0 Å². The fraction of sp³-hybridized carbons (Fsp3) is 0.167. The molecule has 1 aromatic carbocycles. The predicted molar refractivity (Wildman–Crippen MR) is 78.7 cm³/mol. The van der Waals surface area contributed by atoms with Crippen LogP contribution in [0.15, 0.2) is 22.6 Å². The maximum Gasteiger partial charge on any atom is 0.205 e. The number of hydrazone groups is 1. The maximum absolute atomic E-state index is 6.04. The number of anilines is 2. The average Bonchev–Trinajstić information content (AvgIpc) is 2.71. The Balaban J connectivity index is 2.11. The molecule has 1 heterocycles. The SMILES string of the molecule is Cc1cc(C=NNc2nc(N)cs2)c(C)cc1Cl. The van der Waals surface area contributed by atoms with E-state index in [0.29, 0.717) is 10.9 Å². The Labute approximate surface area is 115 Å². The van der Waals surface area contributed by atoms with Gasteiger partial charge in [0, 0.05) is 10.4 Å². The third-order valence-corrected chi connectivity index (χ3v) is 3.61. The summed E-state index contributed by atoms with van der Waals surface area (Å²) >= 11 is 7.45. The third-order valence-electron chi connectivity index (χ3n) is 2.43. The van der Waals surface area contributed by atoms with Gasteiger partial charge in [-0.2, -0.15) is 5.10 Å². The lowest BCUT2D eigenvalue weighted by atomic mass is 10.1. The maximum atomic E-state index is 6.04. The summed E-state index contributed by atoms with van der Waals surface area (Å²) in [4.78, 5) is 4.05. The van der Waals surface area contributed by atoms with Crippen molar-refractivity contribution in [3.05, 3.63) is 39.2 Å². The van der Waals surface area contributed by atoms with Gasteiger partial charge in [-0.05, 0) is 42.7 Å². The van der Waals surface area contributed by atoms with Crippen LogP contribution in [0.2, 0.25) is 5.02 Å². The van der Waals surface area contributed by atoms with Crippen LogP contribution in [0.4, 0.5) is 10.9 Å². The first-order valence-electron chi connectivity index (χ1n) is 5.33.